The quantitative estimate of drug-likeness (QED) is 0.0261. The largest absolute Gasteiger partial charge is 0.462 e. The van der Waals surface area contributed by atoms with E-state index in [0.29, 0.717) is 19.3 Å². The molecule has 472 valence electrons. The van der Waals surface area contributed by atoms with Gasteiger partial charge in [-0.05, 0) is 103 Å². The van der Waals surface area contributed by atoms with E-state index in [1.165, 1.54) is 186 Å². The van der Waals surface area contributed by atoms with Crippen molar-refractivity contribution in [3.05, 3.63) is 97.2 Å². The summed E-state index contributed by atoms with van der Waals surface area (Å²) in [5.74, 6) is -0.890. The van der Waals surface area contributed by atoms with Crippen LogP contribution >= 0.6 is 0 Å². The van der Waals surface area contributed by atoms with Crippen molar-refractivity contribution in [2.75, 3.05) is 13.2 Å². The minimum Gasteiger partial charge on any atom is -0.462 e. The first-order chi connectivity index (χ1) is 40.5. The predicted molar refractivity (Wildman–Crippen MR) is 357 cm³/mol. The lowest BCUT2D eigenvalue weighted by atomic mass is 10.0. The molecule has 0 aromatic heterocycles. The van der Waals surface area contributed by atoms with Gasteiger partial charge in [0.2, 0.25) is 0 Å². The molecule has 0 aliphatic carbocycles. The highest BCUT2D eigenvalue weighted by Gasteiger charge is 2.19. The highest BCUT2D eigenvalue weighted by molar-refractivity contribution is 5.71. The van der Waals surface area contributed by atoms with Crippen molar-refractivity contribution in [3.63, 3.8) is 0 Å². The Morgan fingerprint density at radius 2 is 0.476 bits per heavy atom. The molecule has 0 amide bonds. The molecule has 0 bridgehead atoms. The molecule has 0 heterocycles. The molecule has 0 spiro atoms. The van der Waals surface area contributed by atoms with Gasteiger partial charge in [-0.2, -0.15) is 0 Å². The maximum Gasteiger partial charge on any atom is 0.306 e. The normalized spacial score (nSPS) is 12.7. The lowest BCUT2D eigenvalue weighted by molar-refractivity contribution is -0.167. The van der Waals surface area contributed by atoms with Gasteiger partial charge < -0.3 is 14.2 Å². The second kappa shape index (κ2) is 69.8. The molecule has 0 fully saturated rings. The summed E-state index contributed by atoms with van der Waals surface area (Å²) in [7, 11) is 0. The molecule has 0 aromatic rings. The lowest BCUT2D eigenvalue weighted by Gasteiger charge is -2.18. The number of allylic oxidation sites excluding steroid dienone is 16. The summed E-state index contributed by atoms with van der Waals surface area (Å²) in [5, 5.41) is 0. The van der Waals surface area contributed by atoms with Gasteiger partial charge in [0, 0.05) is 19.3 Å². The zero-order valence-corrected chi connectivity index (χ0v) is 54.2. The van der Waals surface area contributed by atoms with E-state index < -0.39 is 6.10 Å². The number of hydrogen-bond acceptors (Lipinski definition) is 6. The molecule has 6 nitrogen and oxygen atoms in total. The number of esters is 3. The summed E-state index contributed by atoms with van der Waals surface area (Å²) >= 11 is 0. The summed E-state index contributed by atoms with van der Waals surface area (Å²) in [5.41, 5.74) is 0. The second-order valence-corrected chi connectivity index (χ2v) is 23.4. The van der Waals surface area contributed by atoms with Crippen LogP contribution in [0.5, 0.6) is 0 Å². The maximum atomic E-state index is 13.0. The molecular formula is C76H132O6. The van der Waals surface area contributed by atoms with Gasteiger partial charge in [0.15, 0.2) is 6.10 Å². The molecule has 0 aliphatic heterocycles. The van der Waals surface area contributed by atoms with E-state index >= 15 is 0 Å². The third-order valence-corrected chi connectivity index (χ3v) is 15.3. The van der Waals surface area contributed by atoms with Crippen molar-refractivity contribution < 1.29 is 28.6 Å². The van der Waals surface area contributed by atoms with Gasteiger partial charge in [0.1, 0.15) is 13.2 Å². The van der Waals surface area contributed by atoms with Gasteiger partial charge in [0.05, 0.1) is 0 Å². The molecule has 0 aliphatic rings. The maximum absolute atomic E-state index is 13.0. The van der Waals surface area contributed by atoms with E-state index in [-0.39, 0.29) is 31.1 Å². The highest BCUT2D eigenvalue weighted by atomic mass is 16.6. The number of rotatable bonds is 64. The van der Waals surface area contributed by atoms with Gasteiger partial charge in [-0.15, -0.1) is 0 Å². The minimum atomic E-state index is -0.791. The third kappa shape index (κ3) is 67.1. The monoisotopic (exact) mass is 1140 g/mol. The van der Waals surface area contributed by atoms with Crippen LogP contribution in [0.2, 0.25) is 0 Å². The van der Waals surface area contributed by atoms with Crippen LogP contribution in [0, 0.1) is 0 Å². The Kier molecular flexibility index (Phi) is 66.7. The van der Waals surface area contributed by atoms with E-state index in [4.69, 9.17) is 14.2 Å². The first kappa shape index (κ1) is 78.3. The molecule has 1 unspecified atom stereocenters. The number of ether oxygens (including phenoxy) is 3. The molecule has 0 saturated carbocycles. The number of carbonyl (C=O) groups excluding carboxylic acids is 3. The van der Waals surface area contributed by atoms with Crippen molar-refractivity contribution in [1.82, 2.24) is 0 Å². The van der Waals surface area contributed by atoms with E-state index in [9.17, 15) is 14.4 Å². The second-order valence-electron chi connectivity index (χ2n) is 23.4. The lowest BCUT2D eigenvalue weighted by Crippen LogP contribution is -2.30. The SMILES string of the molecule is CC/C=C\C/C=C\C/C=C\C/C=C\C/C=C\CCCCCCCCCC(=O)OCC(COC(=O)CCCCCCCCCCCCCCCCCCCCCC)OC(=O)CCCCCCCC/C=C\C/C=C\C/C=C\CCCCCCC. The van der Waals surface area contributed by atoms with Gasteiger partial charge in [-0.3, -0.25) is 14.4 Å². The Morgan fingerprint density at radius 3 is 0.744 bits per heavy atom. The minimum absolute atomic E-state index is 0.0838. The molecule has 6 heteroatoms. The van der Waals surface area contributed by atoms with Crippen molar-refractivity contribution in [1.29, 1.82) is 0 Å². The fraction of sp³-hybridized carbons (Fsp3) is 0.750. The van der Waals surface area contributed by atoms with E-state index in [1.807, 2.05) is 0 Å². The Morgan fingerprint density at radius 1 is 0.256 bits per heavy atom. The van der Waals surface area contributed by atoms with Crippen LogP contribution in [0.25, 0.3) is 0 Å². The van der Waals surface area contributed by atoms with Gasteiger partial charge >= 0.3 is 17.9 Å². The molecule has 0 saturated heterocycles. The average Bonchev–Trinajstić information content (AvgIpc) is 3.47. The summed E-state index contributed by atoms with van der Waals surface area (Å²) in [4.78, 5) is 38.5. The Labute approximate surface area is 508 Å². The van der Waals surface area contributed by atoms with Crippen LogP contribution in [0.1, 0.15) is 348 Å². The number of carbonyl (C=O) groups is 3. The van der Waals surface area contributed by atoms with Crippen LogP contribution < -0.4 is 0 Å². The van der Waals surface area contributed by atoms with Crippen LogP contribution in [0.15, 0.2) is 97.2 Å². The first-order valence-corrected chi connectivity index (χ1v) is 35.2. The van der Waals surface area contributed by atoms with E-state index in [0.717, 1.165) is 122 Å². The van der Waals surface area contributed by atoms with Crippen LogP contribution in [0.4, 0.5) is 0 Å². The molecule has 82 heavy (non-hydrogen) atoms. The third-order valence-electron chi connectivity index (χ3n) is 15.3. The fourth-order valence-electron chi connectivity index (χ4n) is 10.1. The summed E-state index contributed by atoms with van der Waals surface area (Å²) < 4.78 is 17.0. The summed E-state index contributed by atoms with van der Waals surface area (Å²) in [6.45, 7) is 6.55. The smallest absolute Gasteiger partial charge is 0.306 e. The zero-order valence-electron chi connectivity index (χ0n) is 54.2. The average molecular weight is 1140 g/mol. The summed E-state index contributed by atoms with van der Waals surface area (Å²) in [6.07, 6.45) is 94.2. The molecule has 0 radical (unpaired) electrons. The number of unbranched alkanes of at least 4 members (excludes halogenated alkanes) is 37. The Balaban J connectivity index is 4.42. The highest BCUT2D eigenvalue weighted by Crippen LogP contribution is 2.17. The first-order valence-electron chi connectivity index (χ1n) is 35.2. The van der Waals surface area contributed by atoms with Gasteiger partial charge in [-0.1, -0.05) is 323 Å². The molecule has 1 atom stereocenters. The summed E-state index contributed by atoms with van der Waals surface area (Å²) in [6, 6.07) is 0. The van der Waals surface area contributed by atoms with Crippen molar-refractivity contribution in [3.8, 4) is 0 Å². The molecule has 0 rings (SSSR count). The van der Waals surface area contributed by atoms with E-state index in [2.05, 4.69) is 118 Å². The molecule has 0 N–H and O–H groups in total. The van der Waals surface area contributed by atoms with Gasteiger partial charge in [0.25, 0.3) is 0 Å². The number of hydrogen-bond donors (Lipinski definition) is 0. The Hall–Kier alpha value is -3.67. The topological polar surface area (TPSA) is 78.9 Å². The van der Waals surface area contributed by atoms with Crippen LogP contribution in [0.3, 0.4) is 0 Å². The van der Waals surface area contributed by atoms with E-state index in [1.54, 1.807) is 0 Å². The van der Waals surface area contributed by atoms with Crippen molar-refractivity contribution in [2.45, 2.75) is 354 Å². The standard InChI is InChI=1S/C76H132O6/c1-4-7-10-13-16-19-22-25-28-31-34-37-38-40-42-45-48-51-54-57-60-63-66-69-75(78)81-72-73(71-80-74(77)68-65-62-59-56-53-50-47-44-41-36-33-30-27-24-21-18-15-12-9-6-3)82-76(79)70-67-64-61-58-55-52-49-46-43-39-35-32-29-26-23-20-17-14-11-8-5-2/h7,10,16,19,23,25-26,28,32,34-35,37,40,42-43,46,73H,4-6,8-9,11-15,17-18,20-22,24,27,29-31,33,36,38-39,41,44-45,47-72H2,1-3H3/b10-7-,19-16-,26-23-,28-25-,35-32-,37-34-,42-40-,46-43-. The molecule has 0 aromatic carbocycles. The van der Waals surface area contributed by atoms with Crippen LogP contribution in [-0.4, -0.2) is 37.2 Å². The fourth-order valence-corrected chi connectivity index (χ4v) is 10.1. The van der Waals surface area contributed by atoms with Gasteiger partial charge in [-0.25, -0.2) is 0 Å². The van der Waals surface area contributed by atoms with Crippen molar-refractivity contribution >= 4 is 17.9 Å². The molecular weight excluding hydrogens is 1010 g/mol. The van der Waals surface area contributed by atoms with Crippen molar-refractivity contribution in [2.24, 2.45) is 0 Å². The predicted octanol–water partition coefficient (Wildman–Crippen LogP) is 24.4. The zero-order chi connectivity index (χ0) is 59.2. The Bertz CT molecular complexity index is 1590. The van der Waals surface area contributed by atoms with Crippen LogP contribution in [-0.2, 0) is 28.6 Å².